The van der Waals surface area contributed by atoms with Crippen molar-refractivity contribution < 1.29 is 9.32 Å². The second-order valence-corrected chi connectivity index (χ2v) is 4.15. The van der Waals surface area contributed by atoms with Crippen molar-refractivity contribution in [1.29, 1.82) is 0 Å². The first-order valence-corrected chi connectivity index (χ1v) is 5.98. The van der Waals surface area contributed by atoms with Crippen molar-refractivity contribution >= 4 is 5.91 Å². The van der Waals surface area contributed by atoms with Crippen LogP contribution in [0.2, 0.25) is 0 Å². The van der Waals surface area contributed by atoms with Gasteiger partial charge >= 0.3 is 0 Å². The van der Waals surface area contributed by atoms with Gasteiger partial charge in [-0.15, -0.1) is 0 Å². The van der Waals surface area contributed by atoms with Crippen LogP contribution >= 0.6 is 0 Å². The number of carbonyl (C=O) groups is 1. The van der Waals surface area contributed by atoms with Gasteiger partial charge in [-0.2, -0.15) is 4.98 Å². The van der Waals surface area contributed by atoms with Gasteiger partial charge in [-0.1, -0.05) is 42.1 Å². The van der Waals surface area contributed by atoms with E-state index in [-0.39, 0.29) is 11.9 Å². The van der Waals surface area contributed by atoms with Crippen LogP contribution in [0.1, 0.15) is 30.2 Å². The molecule has 1 amide bonds. The van der Waals surface area contributed by atoms with E-state index in [9.17, 15) is 4.79 Å². The topological polar surface area (TPSA) is 68.0 Å². The maximum Gasteiger partial charge on any atom is 0.248 e. The summed E-state index contributed by atoms with van der Waals surface area (Å²) in [7, 11) is 0. The summed E-state index contributed by atoms with van der Waals surface area (Å²) in [6, 6.07) is 9.55. The zero-order valence-electron chi connectivity index (χ0n) is 10.7. The first-order valence-electron chi connectivity index (χ1n) is 5.98. The fraction of sp³-hybridized carbons (Fsp3) is 0.214. The SMILES string of the molecule is C=CC(=O)N[C@@H](C)c1nc(Cc2ccccc2)no1. The summed E-state index contributed by atoms with van der Waals surface area (Å²) in [6.07, 6.45) is 1.81. The third-order valence-electron chi connectivity index (χ3n) is 2.60. The Morgan fingerprint density at radius 2 is 2.21 bits per heavy atom. The average Bonchev–Trinajstić information content (AvgIpc) is 2.88. The summed E-state index contributed by atoms with van der Waals surface area (Å²) >= 11 is 0. The molecular formula is C14H15N3O2. The molecule has 2 rings (SSSR count). The van der Waals surface area contributed by atoms with Gasteiger partial charge in [0.25, 0.3) is 0 Å². The third-order valence-corrected chi connectivity index (χ3v) is 2.60. The highest BCUT2D eigenvalue weighted by molar-refractivity contribution is 5.87. The molecule has 1 N–H and O–H groups in total. The van der Waals surface area contributed by atoms with Gasteiger partial charge in [0.05, 0.1) is 0 Å². The van der Waals surface area contributed by atoms with Crippen LogP contribution in [0.25, 0.3) is 0 Å². The molecule has 0 aliphatic carbocycles. The zero-order chi connectivity index (χ0) is 13.7. The van der Waals surface area contributed by atoms with E-state index in [0.717, 1.165) is 5.56 Å². The van der Waals surface area contributed by atoms with E-state index >= 15 is 0 Å². The van der Waals surface area contributed by atoms with E-state index in [4.69, 9.17) is 4.52 Å². The molecule has 0 unspecified atom stereocenters. The van der Waals surface area contributed by atoms with Crippen molar-refractivity contribution in [3.8, 4) is 0 Å². The largest absolute Gasteiger partial charge is 0.341 e. The number of carbonyl (C=O) groups excluding carboxylic acids is 1. The third kappa shape index (κ3) is 3.51. The molecule has 0 saturated heterocycles. The maximum absolute atomic E-state index is 11.2. The van der Waals surface area contributed by atoms with Crippen molar-refractivity contribution in [3.05, 3.63) is 60.3 Å². The Kier molecular flexibility index (Phi) is 4.07. The molecule has 0 bridgehead atoms. The molecule has 1 atom stereocenters. The second kappa shape index (κ2) is 5.95. The van der Waals surface area contributed by atoms with Crippen LogP contribution in [0.5, 0.6) is 0 Å². The number of amides is 1. The molecule has 19 heavy (non-hydrogen) atoms. The second-order valence-electron chi connectivity index (χ2n) is 4.15. The Bertz CT molecular complexity index is 563. The molecule has 0 radical (unpaired) electrons. The minimum Gasteiger partial charge on any atom is -0.341 e. The zero-order valence-corrected chi connectivity index (χ0v) is 10.7. The van der Waals surface area contributed by atoms with Gasteiger partial charge in [-0.3, -0.25) is 4.79 Å². The summed E-state index contributed by atoms with van der Waals surface area (Å²) < 4.78 is 5.13. The molecule has 1 heterocycles. The van der Waals surface area contributed by atoms with Gasteiger partial charge < -0.3 is 9.84 Å². The molecule has 2 aromatic rings. The highest BCUT2D eigenvalue weighted by atomic mass is 16.5. The quantitative estimate of drug-likeness (QED) is 0.832. The Labute approximate surface area is 111 Å². The van der Waals surface area contributed by atoms with Crippen LogP contribution < -0.4 is 5.32 Å². The van der Waals surface area contributed by atoms with E-state index in [2.05, 4.69) is 22.0 Å². The summed E-state index contributed by atoms with van der Waals surface area (Å²) in [4.78, 5) is 15.4. The van der Waals surface area contributed by atoms with Crippen LogP contribution in [-0.2, 0) is 11.2 Å². The number of hydrogen-bond acceptors (Lipinski definition) is 4. The van der Waals surface area contributed by atoms with Crippen LogP contribution in [0.4, 0.5) is 0 Å². The fourth-order valence-corrected chi connectivity index (χ4v) is 1.63. The van der Waals surface area contributed by atoms with E-state index in [1.165, 1.54) is 6.08 Å². The molecule has 0 fully saturated rings. The minimum atomic E-state index is -0.331. The minimum absolute atomic E-state index is 0.268. The lowest BCUT2D eigenvalue weighted by atomic mass is 10.1. The van der Waals surface area contributed by atoms with Gasteiger partial charge in [-0.25, -0.2) is 0 Å². The summed E-state index contributed by atoms with van der Waals surface area (Å²) in [5, 5.41) is 6.57. The number of benzene rings is 1. The number of nitrogens with zero attached hydrogens (tertiary/aromatic N) is 2. The highest BCUT2D eigenvalue weighted by Gasteiger charge is 2.15. The van der Waals surface area contributed by atoms with Crippen molar-refractivity contribution in [1.82, 2.24) is 15.5 Å². The maximum atomic E-state index is 11.2. The number of hydrogen-bond donors (Lipinski definition) is 1. The van der Waals surface area contributed by atoms with Crippen molar-refractivity contribution in [3.63, 3.8) is 0 Å². The van der Waals surface area contributed by atoms with Gasteiger partial charge in [0, 0.05) is 6.42 Å². The summed E-state index contributed by atoms with van der Waals surface area (Å²) in [5.74, 6) is 0.720. The number of rotatable bonds is 5. The van der Waals surface area contributed by atoms with E-state index in [1.54, 1.807) is 6.92 Å². The van der Waals surface area contributed by atoms with Crippen LogP contribution in [0.3, 0.4) is 0 Å². The predicted octanol–water partition coefficient (Wildman–Crippen LogP) is 2.02. The monoisotopic (exact) mass is 257 g/mol. The van der Waals surface area contributed by atoms with E-state index < -0.39 is 0 Å². The Morgan fingerprint density at radius 1 is 1.47 bits per heavy atom. The smallest absolute Gasteiger partial charge is 0.248 e. The lowest BCUT2D eigenvalue weighted by Crippen LogP contribution is -2.24. The fourth-order valence-electron chi connectivity index (χ4n) is 1.63. The van der Waals surface area contributed by atoms with E-state index in [1.807, 2.05) is 30.3 Å². The van der Waals surface area contributed by atoms with Crippen molar-refractivity contribution in [2.75, 3.05) is 0 Å². The molecule has 5 nitrogen and oxygen atoms in total. The van der Waals surface area contributed by atoms with Gasteiger partial charge in [0.2, 0.25) is 11.8 Å². The van der Waals surface area contributed by atoms with Crippen molar-refractivity contribution in [2.24, 2.45) is 0 Å². The van der Waals surface area contributed by atoms with Crippen LogP contribution in [0, 0.1) is 0 Å². The molecule has 1 aromatic heterocycles. The Balaban J connectivity index is 2.02. The standard InChI is InChI=1S/C14H15N3O2/c1-3-13(18)15-10(2)14-16-12(17-19-14)9-11-7-5-4-6-8-11/h3-8,10H,1,9H2,2H3,(H,15,18)/t10-/m0/s1. The molecule has 0 aliphatic rings. The first kappa shape index (κ1) is 13.0. The van der Waals surface area contributed by atoms with Crippen LogP contribution in [-0.4, -0.2) is 16.0 Å². The van der Waals surface area contributed by atoms with Gasteiger partial charge in [-0.05, 0) is 18.6 Å². The highest BCUT2D eigenvalue weighted by Crippen LogP contribution is 2.12. The predicted molar refractivity (Wildman–Crippen MR) is 70.3 cm³/mol. The van der Waals surface area contributed by atoms with Gasteiger partial charge in [0.15, 0.2) is 5.82 Å². The molecule has 5 heteroatoms. The number of nitrogens with one attached hydrogen (secondary N) is 1. The lowest BCUT2D eigenvalue weighted by molar-refractivity contribution is -0.117. The number of aromatic nitrogens is 2. The normalized spacial score (nSPS) is 11.8. The first-order chi connectivity index (χ1) is 9.19. The molecule has 0 aliphatic heterocycles. The van der Waals surface area contributed by atoms with E-state index in [0.29, 0.717) is 18.1 Å². The molecule has 98 valence electrons. The Hall–Kier alpha value is -2.43. The van der Waals surface area contributed by atoms with Crippen molar-refractivity contribution in [2.45, 2.75) is 19.4 Å². The Morgan fingerprint density at radius 3 is 2.89 bits per heavy atom. The lowest BCUT2D eigenvalue weighted by Gasteiger charge is -2.06. The van der Waals surface area contributed by atoms with Crippen LogP contribution in [0.15, 0.2) is 47.5 Å². The molecule has 1 aromatic carbocycles. The molecule has 0 saturated carbocycles. The summed E-state index contributed by atoms with van der Waals surface area (Å²) in [5.41, 5.74) is 1.11. The summed E-state index contributed by atoms with van der Waals surface area (Å²) in [6.45, 7) is 5.17. The molecular weight excluding hydrogens is 242 g/mol. The van der Waals surface area contributed by atoms with Gasteiger partial charge in [0.1, 0.15) is 6.04 Å². The average molecular weight is 257 g/mol. The molecule has 0 spiro atoms.